The number of halogens is 1. The second-order valence-corrected chi connectivity index (χ2v) is 7.52. The SMILES string of the molecule is Cc1nocc1C(=O)N1CCN2C(=O)c3nccnc3CC12c1ccc(Cl)cc1. The van der Waals surface area contributed by atoms with Crippen LogP contribution in [-0.2, 0) is 12.1 Å². The highest BCUT2D eigenvalue weighted by atomic mass is 35.5. The zero-order valence-electron chi connectivity index (χ0n) is 15.5. The molecule has 0 N–H and O–H groups in total. The maximum absolute atomic E-state index is 13.5. The fraction of sp³-hybridized carbons (Fsp3) is 0.250. The maximum Gasteiger partial charge on any atom is 0.276 e. The Balaban J connectivity index is 1.71. The fourth-order valence-electron chi connectivity index (χ4n) is 4.26. The van der Waals surface area contributed by atoms with Crippen LogP contribution in [0.25, 0.3) is 0 Å². The number of amides is 2. The predicted molar refractivity (Wildman–Crippen MR) is 102 cm³/mol. The van der Waals surface area contributed by atoms with Crippen LogP contribution < -0.4 is 0 Å². The van der Waals surface area contributed by atoms with Gasteiger partial charge in [0.05, 0.1) is 11.4 Å². The van der Waals surface area contributed by atoms with Gasteiger partial charge in [-0.3, -0.25) is 14.6 Å². The van der Waals surface area contributed by atoms with Crippen molar-refractivity contribution in [3.05, 3.63) is 76.2 Å². The van der Waals surface area contributed by atoms with E-state index in [1.54, 1.807) is 35.1 Å². The second kappa shape index (κ2) is 6.38. The summed E-state index contributed by atoms with van der Waals surface area (Å²) in [6.07, 6.45) is 4.74. The lowest BCUT2D eigenvalue weighted by Crippen LogP contribution is -2.58. The molecule has 29 heavy (non-hydrogen) atoms. The third-order valence-corrected chi connectivity index (χ3v) is 5.86. The molecule has 2 amide bonds. The molecule has 1 atom stereocenters. The summed E-state index contributed by atoms with van der Waals surface area (Å²) in [6.45, 7) is 2.46. The van der Waals surface area contributed by atoms with E-state index in [4.69, 9.17) is 16.1 Å². The van der Waals surface area contributed by atoms with E-state index in [0.717, 1.165) is 5.56 Å². The molecule has 9 heteroatoms. The molecule has 8 nitrogen and oxygen atoms in total. The Hall–Kier alpha value is -3.26. The Labute approximate surface area is 171 Å². The number of hydrogen-bond donors (Lipinski definition) is 0. The number of hydrogen-bond acceptors (Lipinski definition) is 6. The Kier molecular flexibility index (Phi) is 3.92. The number of rotatable bonds is 2. The van der Waals surface area contributed by atoms with E-state index in [9.17, 15) is 9.59 Å². The van der Waals surface area contributed by atoms with Crippen LogP contribution in [0.15, 0.2) is 47.4 Å². The number of carbonyl (C=O) groups excluding carboxylic acids is 2. The summed E-state index contributed by atoms with van der Waals surface area (Å²) in [5.41, 5.74) is 1.52. The van der Waals surface area contributed by atoms with Gasteiger partial charge in [0.1, 0.15) is 23.2 Å². The number of fused-ring (bicyclic) bond motifs is 2. The Morgan fingerprint density at radius 2 is 1.93 bits per heavy atom. The average molecular weight is 410 g/mol. The molecular weight excluding hydrogens is 394 g/mol. The molecule has 1 aromatic carbocycles. The van der Waals surface area contributed by atoms with Crippen LogP contribution >= 0.6 is 11.6 Å². The molecule has 0 spiro atoms. The monoisotopic (exact) mass is 409 g/mol. The number of carbonyl (C=O) groups is 2. The van der Waals surface area contributed by atoms with Crippen molar-refractivity contribution >= 4 is 23.4 Å². The molecule has 0 bridgehead atoms. The van der Waals surface area contributed by atoms with Gasteiger partial charge in [-0.05, 0) is 24.6 Å². The van der Waals surface area contributed by atoms with E-state index >= 15 is 0 Å². The highest BCUT2D eigenvalue weighted by Crippen LogP contribution is 2.44. The smallest absolute Gasteiger partial charge is 0.276 e. The highest BCUT2D eigenvalue weighted by molar-refractivity contribution is 6.30. The van der Waals surface area contributed by atoms with Crippen LogP contribution in [0.1, 0.15) is 37.8 Å². The van der Waals surface area contributed by atoms with Gasteiger partial charge in [-0.25, -0.2) is 4.98 Å². The van der Waals surface area contributed by atoms with Gasteiger partial charge in [0.25, 0.3) is 11.8 Å². The third kappa shape index (κ3) is 2.49. The number of aryl methyl sites for hydroxylation is 1. The van der Waals surface area contributed by atoms with E-state index in [0.29, 0.717) is 47.2 Å². The number of nitrogens with zero attached hydrogens (tertiary/aromatic N) is 5. The summed E-state index contributed by atoms with van der Waals surface area (Å²) < 4.78 is 4.98. The molecule has 0 saturated carbocycles. The molecule has 146 valence electrons. The maximum atomic E-state index is 13.5. The standard InChI is InChI=1S/C20H16ClN5O3/c1-12-15(11-29-24-12)18(27)25-8-9-26-19(28)17-16(22-6-7-23-17)10-20(25,26)13-2-4-14(21)5-3-13/h2-7,11H,8-10H2,1H3. The van der Waals surface area contributed by atoms with Gasteiger partial charge in [-0.1, -0.05) is 28.9 Å². The van der Waals surface area contributed by atoms with Gasteiger partial charge in [-0.2, -0.15) is 0 Å². The zero-order valence-corrected chi connectivity index (χ0v) is 16.3. The normalized spacial score (nSPS) is 20.6. The minimum atomic E-state index is -1.02. The summed E-state index contributed by atoms with van der Waals surface area (Å²) in [5, 5.41) is 4.40. The van der Waals surface area contributed by atoms with Gasteiger partial charge in [0.15, 0.2) is 0 Å². The molecule has 1 saturated heterocycles. The van der Waals surface area contributed by atoms with E-state index < -0.39 is 5.66 Å². The molecule has 4 heterocycles. The molecule has 1 fully saturated rings. The van der Waals surface area contributed by atoms with Crippen molar-refractivity contribution < 1.29 is 14.1 Å². The van der Waals surface area contributed by atoms with Crippen molar-refractivity contribution in [2.75, 3.05) is 13.1 Å². The van der Waals surface area contributed by atoms with Crippen LogP contribution in [0.2, 0.25) is 5.02 Å². The molecule has 5 rings (SSSR count). The molecule has 1 unspecified atom stereocenters. The van der Waals surface area contributed by atoms with Crippen molar-refractivity contribution in [2.24, 2.45) is 0 Å². The summed E-state index contributed by atoms with van der Waals surface area (Å²) in [7, 11) is 0. The quantitative estimate of drug-likeness (QED) is 0.645. The van der Waals surface area contributed by atoms with Crippen molar-refractivity contribution in [2.45, 2.75) is 19.0 Å². The van der Waals surface area contributed by atoms with Gasteiger partial charge in [0, 0.05) is 36.9 Å². The highest BCUT2D eigenvalue weighted by Gasteiger charge is 2.56. The first-order chi connectivity index (χ1) is 14.0. The minimum Gasteiger partial charge on any atom is -0.364 e. The van der Waals surface area contributed by atoms with Gasteiger partial charge in [-0.15, -0.1) is 0 Å². The lowest BCUT2D eigenvalue weighted by Gasteiger charge is -2.46. The third-order valence-electron chi connectivity index (χ3n) is 5.61. The van der Waals surface area contributed by atoms with E-state index in [-0.39, 0.29) is 11.8 Å². The first-order valence-corrected chi connectivity index (χ1v) is 9.51. The number of benzene rings is 1. The summed E-state index contributed by atoms with van der Waals surface area (Å²) in [4.78, 5) is 38.8. The van der Waals surface area contributed by atoms with Gasteiger partial charge in [0.2, 0.25) is 0 Å². The zero-order chi connectivity index (χ0) is 20.2. The molecule has 2 aromatic heterocycles. The van der Waals surface area contributed by atoms with Crippen LogP contribution in [0.3, 0.4) is 0 Å². The first-order valence-electron chi connectivity index (χ1n) is 9.13. The summed E-state index contributed by atoms with van der Waals surface area (Å²) >= 11 is 6.10. The van der Waals surface area contributed by atoms with Crippen molar-refractivity contribution in [3.63, 3.8) is 0 Å². The Bertz CT molecular complexity index is 1130. The van der Waals surface area contributed by atoms with Gasteiger partial charge < -0.3 is 14.3 Å². The molecule has 2 aliphatic rings. The largest absolute Gasteiger partial charge is 0.364 e. The lowest BCUT2D eigenvalue weighted by molar-refractivity contribution is 0.00638. The van der Waals surface area contributed by atoms with Crippen molar-refractivity contribution in [3.8, 4) is 0 Å². The Morgan fingerprint density at radius 1 is 1.17 bits per heavy atom. The molecule has 2 aliphatic heterocycles. The van der Waals surface area contributed by atoms with Crippen LogP contribution in [0, 0.1) is 6.92 Å². The van der Waals surface area contributed by atoms with Crippen molar-refractivity contribution in [1.82, 2.24) is 24.9 Å². The minimum absolute atomic E-state index is 0.244. The summed E-state index contributed by atoms with van der Waals surface area (Å²) in [5.74, 6) is -0.493. The van der Waals surface area contributed by atoms with Crippen LogP contribution in [0.4, 0.5) is 0 Å². The van der Waals surface area contributed by atoms with Gasteiger partial charge >= 0.3 is 0 Å². The molecular formula is C20H16ClN5O3. The lowest BCUT2D eigenvalue weighted by atomic mass is 9.87. The fourth-order valence-corrected chi connectivity index (χ4v) is 4.38. The Morgan fingerprint density at radius 3 is 2.66 bits per heavy atom. The number of aromatic nitrogens is 3. The molecule has 0 radical (unpaired) electrons. The first kappa shape index (κ1) is 17.8. The predicted octanol–water partition coefficient (Wildman–Crippen LogP) is 2.43. The van der Waals surface area contributed by atoms with Crippen molar-refractivity contribution in [1.29, 1.82) is 0 Å². The van der Waals surface area contributed by atoms with Crippen LogP contribution in [-0.4, -0.2) is 49.8 Å². The van der Waals surface area contributed by atoms with E-state index in [1.165, 1.54) is 12.5 Å². The van der Waals surface area contributed by atoms with E-state index in [1.807, 2.05) is 12.1 Å². The molecule has 3 aromatic rings. The topological polar surface area (TPSA) is 92.4 Å². The second-order valence-electron chi connectivity index (χ2n) is 7.08. The van der Waals surface area contributed by atoms with Crippen LogP contribution in [0.5, 0.6) is 0 Å². The molecule has 0 aliphatic carbocycles. The van der Waals surface area contributed by atoms with E-state index in [2.05, 4.69) is 15.1 Å². The average Bonchev–Trinajstić information content (AvgIpc) is 3.33. The summed E-state index contributed by atoms with van der Waals surface area (Å²) in [6, 6.07) is 7.20.